The van der Waals surface area contributed by atoms with Gasteiger partial charge in [-0.2, -0.15) is 0 Å². The number of carbonyl (C=O) groups excluding carboxylic acids is 2. The minimum Gasteiger partial charge on any atom is -0.489 e. The summed E-state index contributed by atoms with van der Waals surface area (Å²) in [5, 5.41) is 13.3. The van der Waals surface area contributed by atoms with Crippen LogP contribution >= 0.6 is 28.1 Å². The zero-order chi connectivity index (χ0) is 21.3. The first-order valence-electron chi connectivity index (χ1n) is 7.92. The molecule has 2 amide bonds. The van der Waals surface area contributed by atoms with Crippen molar-refractivity contribution in [2.24, 2.45) is 0 Å². The molecule has 11 heteroatoms. The molecule has 0 aliphatic carbocycles. The number of carbonyl (C=O) groups is 2. The van der Waals surface area contributed by atoms with Crippen LogP contribution in [0.3, 0.4) is 0 Å². The monoisotopic (exact) mass is 479 g/mol. The number of hydrogen-bond donors (Lipinski definition) is 1. The molecule has 0 aromatic heterocycles. The molecule has 1 heterocycles. The van der Waals surface area contributed by atoms with Crippen molar-refractivity contribution in [2.45, 2.75) is 0 Å². The first-order chi connectivity index (χ1) is 13.7. The average molecular weight is 480 g/mol. The number of halogens is 2. The predicted octanol–water partition coefficient (Wildman–Crippen LogP) is 3.34. The molecule has 8 nitrogen and oxygen atoms in total. The molecule has 0 unspecified atom stereocenters. The maximum atomic E-state index is 14.2. The van der Waals surface area contributed by atoms with E-state index in [-0.39, 0.29) is 37.8 Å². The van der Waals surface area contributed by atoms with Crippen LogP contribution in [0.1, 0.15) is 5.56 Å². The summed E-state index contributed by atoms with van der Waals surface area (Å²) in [6.07, 6.45) is 1.16. The van der Waals surface area contributed by atoms with Gasteiger partial charge in [0.1, 0.15) is 11.4 Å². The fourth-order valence-electron chi connectivity index (χ4n) is 2.70. The number of nitro benzene ring substituents is 1. The molecule has 0 bridgehead atoms. The highest BCUT2D eigenvalue weighted by molar-refractivity contribution is 9.10. The van der Waals surface area contributed by atoms with Crippen LogP contribution in [0.2, 0.25) is 0 Å². The molecule has 1 aliphatic heterocycles. The molecule has 0 saturated carbocycles. The van der Waals surface area contributed by atoms with E-state index in [1.54, 1.807) is 0 Å². The zero-order valence-corrected chi connectivity index (χ0v) is 17.0. The van der Waals surface area contributed by atoms with Gasteiger partial charge in [-0.15, -0.1) is 0 Å². The van der Waals surface area contributed by atoms with Crippen LogP contribution in [0.5, 0.6) is 5.75 Å². The number of nitro groups is 1. The third kappa shape index (κ3) is 3.87. The summed E-state index contributed by atoms with van der Waals surface area (Å²) in [6.45, 7) is 0. The summed E-state index contributed by atoms with van der Waals surface area (Å²) in [5.74, 6) is -2.38. The maximum Gasteiger partial charge on any atom is 0.312 e. The molecule has 1 fully saturated rings. The highest BCUT2D eigenvalue weighted by Gasteiger charge is 2.35. The van der Waals surface area contributed by atoms with Crippen molar-refractivity contribution < 1.29 is 23.6 Å². The van der Waals surface area contributed by atoms with Crippen molar-refractivity contribution in [2.75, 3.05) is 12.0 Å². The second kappa shape index (κ2) is 8.05. The number of ether oxygens (including phenoxy) is 1. The van der Waals surface area contributed by atoms with Crippen LogP contribution in [-0.2, 0) is 9.59 Å². The molecule has 3 rings (SSSR count). The van der Waals surface area contributed by atoms with E-state index in [0.717, 1.165) is 23.1 Å². The number of amides is 2. The number of rotatable bonds is 4. The lowest BCUT2D eigenvalue weighted by molar-refractivity contribution is -0.385. The zero-order valence-electron chi connectivity index (χ0n) is 14.6. The minimum absolute atomic E-state index is 0.00858. The highest BCUT2D eigenvalue weighted by atomic mass is 79.9. The van der Waals surface area contributed by atoms with Crippen LogP contribution < -0.4 is 15.0 Å². The van der Waals surface area contributed by atoms with Crippen LogP contribution in [0.4, 0.5) is 15.8 Å². The number of anilines is 1. The Balaban J connectivity index is 2.10. The molecule has 0 atom stereocenters. The Bertz CT molecular complexity index is 1100. The van der Waals surface area contributed by atoms with E-state index in [1.807, 2.05) is 0 Å². The Hall–Kier alpha value is -3.18. The third-order valence-electron chi connectivity index (χ3n) is 3.95. The molecular formula is C18H11BrFN3O5S. The Morgan fingerprint density at radius 1 is 1.31 bits per heavy atom. The Labute approximate surface area is 177 Å². The number of methoxy groups -OCH3 is 1. The second-order valence-corrected chi connectivity index (χ2v) is 6.96. The molecule has 1 saturated heterocycles. The molecule has 148 valence electrons. The summed E-state index contributed by atoms with van der Waals surface area (Å²) in [6, 6.07) is 8.04. The van der Waals surface area contributed by atoms with Crippen molar-refractivity contribution in [1.29, 1.82) is 0 Å². The quantitative estimate of drug-likeness (QED) is 0.237. The van der Waals surface area contributed by atoms with E-state index >= 15 is 0 Å². The molecule has 2 aromatic rings. The van der Waals surface area contributed by atoms with Gasteiger partial charge in [-0.3, -0.25) is 25.0 Å². The summed E-state index contributed by atoms with van der Waals surface area (Å²) < 4.78 is 19.4. The number of hydrogen-bond acceptors (Lipinski definition) is 6. The maximum absolute atomic E-state index is 14.2. The van der Waals surface area contributed by atoms with E-state index in [4.69, 9.17) is 17.0 Å². The first-order valence-corrected chi connectivity index (χ1v) is 9.12. The lowest BCUT2D eigenvalue weighted by Gasteiger charge is -2.29. The number of nitrogens with zero attached hydrogens (tertiary/aromatic N) is 2. The fraction of sp³-hybridized carbons (Fsp3) is 0.0556. The topological polar surface area (TPSA) is 102 Å². The van der Waals surface area contributed by atoms with E-state index in [2.05, 4.69) is 21.2 Å². The fourth-order valence-corrected chi connectivity index (χ4v) is 3.60. The number of benzene rings is 2. The predicted molar refractivity (Wildman–Crippen MR) is 110 cm³/mol. The van der Waals surface area contributed by atoms with Gasteiger partial charge in [-0.1, -0.05) is 12.1 Å². The lowest BCUT2D eigenvalue weighted by atomic mass is 10.1. The summed E-state index contributed by atoms with van der Waals surface area (Å²) in [7, 11) is 1.27. The van der Waals surface area contributed by atoms with E-state index in [0.29, 0.717) is 0 Å². The van der Waals surface area contributed by atoms with Gasteiger partial charge in [0.25, 0.3) is 11.8 Å². The van der Waals surface area contributed by atoms with Crippen molar-refractivity contribution >= 4 is 62.5 Å². The van der Waals surface area contributed by atoms with Gasteiger partial charge in [0.15, 0.2) is 5.11 Å². The van der Waals surface area contributed by atoms with Crippen LogP contribution in [0.25, 0.3) is 6.08 Å². The lowest BCUT2D eigenvalue weighted by Crippen LogP contribution is -2.54. The standard InChI is InChI=1S/C18H11BrFN3O5S/c1-28-15-11(19)7-9(8-14(15)23(26)27)6-10-16(24)21-18(29)22(17(10)25)13-5-3-2-4-12(13)20/h2-8H,1H3,(H,21,24,29)/b10-6+. The molecule has 0 spiro atoms. The summed E-state index contributed by atoms with van der Waals surface area (Å²) in [4.78, 5) is 36.7. The number of nitrogens with one attached hydrogen (secondary N) is 1. The van der Waals surface area contributed by atoms with Gasteiger partial charge in [-0.05, 0) is 58.0 Å². The Morgan fingerprint density at radius 3 is 2.62 bits per heavy atom. The van der Waals surface area contributed by atoms with Gasteiger partial charge in [0.05, 0.1) is 22.2 Å². The molecule has 0 radical (unpaired) electrons. The molecule has 1 N–H and O–H groups in total. The van der Waals surface area contributed by atoms with Crippen molar-refractivity contribution in [1.82, 2.24) is 5.32 Å². The van der Waals surface area contributed by atoms with Crippen molar-refractivity contribution in [3.8, 4) is 5.75 Å². The van der Waals surface area contributed by atoms with Gasteiger partial charge in [-0.25, -0.2) is 9.29 Å². The van der Waals surface area contributed by atoms with Crippen molar-refractivity contribution in [3.63, 3.8) is 0 Å². The van der Waals surface area contributed by atoms with E-state index < -0.39 is 22.6 Å². The minimum atomic E-state index is -0.863. The van der Waals surface area contributed by atoms with E-state index in [9.17, 15) is 24.1 Å². The smallest absolute Gasteiger partial charge is 0.312 e. The Kier molecular flexibility index (Phi) is 5.71. The SMILES string of the molecule is COc1c(Br)cc(/C=C2\C(=O)NC(=S)N(c3ccccc3F)C2=O)cc1[N+](=O)[O-]. The van der Waals surface area contributed by atoms with Crippen molar-refractivity contribution in [3.05, 3.63) is 67.9 Å². The largest absolute Gasteiger partial charge is 0.489 e. The molecular weight excluding hydrogens is 469 g/mol. The molecule has 1 aliphatic rings. The van der Waals surface area contributed by atoms with Gasteiger partial charge in [0.2, 0.25) is 5.75 Å². The number of para-hydroxylation sites is 1. The van der Waals surface area contributed by atoms with Gasteiger partial charge < -0.3 is 4.74 Å². The van der Waals surface area contributed by atoms with E-state index in [1.165, 1.54) is 31.4 Å². The average Bonchev–Trinajstić information content (AvgIpc) is 2.66. The first kappa shape index (κ1) is 20.6. The highest BCUT2D eigenvalue weighted by Crippen LogP contribution is 2.37. The number of thiocarbonyl (C=S) groups is 1. The Morgan fingerprint density at radius 2 is 2.00 bits per heavy atom. The van der Waals surface area contributed by atoms with Gasteiger partial charge in [0, 0.05) is 6.07 Å². The summed E-state index contributed by atoms with van der Waals surface area (Å²) >= 11 is 8.18. The molecule has 29 heavy (non-hydrogen) atoms. The van der Waals surface area contributed by atoms with Gasteiger partial charge >= 0.3 is 5.69 Å². The van der Waals surface area contributed by atoms with Crippen LogP contribution in [0.15, 0.2) is 46.4 Å². The van der Waals surface area contributed by atoms with Crippen LogP contribution in [-0.4, -0.2) is 29.0 Å². The summed E-state index contributed by atoms with van der Waals surface area (Å²) in [5.41, 5.74) is -0.674. The second-order valence-electron chi connectivity index (χ2n) is 5.72. The van der Waals surface area contributed by atoms with Crippen LogP contribution in [0, 0.1) is 15.9 Å². The normalized spacial score (nSPS) is 15.5. The third-order valence-corrected chi connectivity index (χ3v) is 4.83. The molecule has 2 aromatic carbocycles.